The molecule has 1 heterocycles. The largest absolute Gasteiger partial charge is 0.325 e. The Morgan fingerprint density at radius 2 is 2.22 bits per heavy atom. The average Bonchev–Trinajstić information content (AvgIpc) is 2.58. The summed E-state index contributed by atoms with van der Waals surface area (Å²) in [5.41, 5.74) is 7.81. The molecular weight excluding hydrogens is 240 g/mol. The van der Waals surface area contributed by atoms with E-state index in [0.717, 1.165) is 36.1 Å². The molecule has 2 nitrogen and oxygen atoms in total. The third kappa shape index (κ3) is 3.55. The Bertz CT molecular complexity index is 386. The number of rotatable bonds is 3. The van der Waals surface area contributed by atoms with Gasteiger partial charge in [0.2, 0.25) is 0 Å². The molecule has 0 bridgehead atoms. The Morgan fingerprint density at radius 1 is 1.44 bits per heavy atom. The highest BCUT2D eigenvalue weighted by Crippen LogP contribution is 2.34. The Labute approximate surface area is 115 Å². The molecule has 1 fully saturated rings. The fourth-order valence-electron chi connectivity index (χ4n) is 3.15. The van der Waals surface area contributed by atoms with Crippen molar-refractivity contribution in [2.75, 3.05) is 0 Å². The molecule has 0 amide bonds. The molecule has 0 saturated heterocycles. The molecule has 0 aromatic carbocycles. The Hall–Kier alpha value is -0.410. The van der Waals surface area contributed by atoms with Crippen molar-refractivity contribution >= 4 is 11.3 Å². The maximum absolute atomic E-state index is 6.63. The number of thiazole rings is 1. The summed E-state index contributed by atoms with van der Waals surface area (Å²) < 4.78 is 0. The number of nitrogens with zero attached hydrogens (tertiary/aromatic N) is 1. The maximum Gasteiger partial charge on any atom is 0.0897 e. The van der Waals surface area contributed by atoms with Crippen LogP contribution in [-0.4, -0.2) is 10.5 Å². The Kier molecular flexibility index (Phi) is 4.44. The van der Waals surface area contributed by atoms with E-state index in [4.69, 9.17) is 5.73 Å². The quantitative estimate of drug-likeness (QED) is 0.842. The molecule has 0 spiro atoms. The minimum Gasteiger partial charge on any atom is -0.325 e. The van der Waals surface area contributed by atoms with Crippen molar-refractivity contribution in [3.8, 4) is 0 Å². The number of hydrogen-bond donors (Lipinski definition) is 1. The lowest BCUT2D eigenvalue weighted by Crippen LogP contribution is -2.41. The third-order valence-electron chi connectivity index (χ3n) is 4.41. The van der Waals surface area contributed by atoms with Gasteiger partial charge in [-0.1, -0.05) is 26.7 Å². The zero-order valence-corrected chi connectivity index (χ0v) is 12.7. The standard InChI is InChI=1S/C15H26N2S/c1-11(2)13-5-4-7-15(16,8-6-13)9-14-10-18-12(3)17-14/h10-11,13H,4-9,16H2,1-3H3. The van der Waals surface area contributed by atoms with E-state index in [-0.39, 0.29) is 5.54 Å². The van der Waals surface area contributed by atoms with Crippen LogP contribution in [0.1, 0.15) is 56.7 Å². The molecule has 1 aromatic rings. The second-order valence-corrected chi connectivity index (χ2v) is 7.39. The predicted octanol–water partition coefficient (Wildman–Crippen LogP) is 3.93. The molecule has 1 aliphatic rings. The first kappa shape index (κ1) is 14.0. The molecule has 1 aliphatic carbocycles. The molecule has 1 aromatic heterocycles. The van der Waals surface area contributed by atoms with Crippen molar-refractivity contribution in [1.29, 1.82) is 0 Å². The third-order valence-corrected chi connectivity index (χ3v) is 5.23. The molecule has 0 radical (unpaired) electrons. The van der Waals surface area contributed by atoms with Crippen LogP contribution in [0, 0.1) is 18.8 Å². The van der Waals surface area contributed by atoms with E-state index in [1.165, 1.54) is 25.0 Å². The lowest BCUT2D eigenvalue weighted by atomic mass is 9.85. The van der Waals surface area contributed by atoms with Crippen LogP contribution in [0.15, 0.2) is 5.38 Å². The highest BCUT2D eigenvalue weighted by Gasteiger charge is 2.31. The van der Waals surface area contributed by atoms with Gasteiger partial charge in [0.05, 0.1) is 10.7 Å². The summed E-state index contributed by atoms with van der Waals surface area (Å²) in [6.45, 7) is 6.76. The highest BCUT2D eigenvalue weighted by atomic mass is 32.1. The van der Waals surface area contributed by atoms with E-state index in [2.05, 4.69) is 31.1 Å². The van der Waals surface area contributed by atoms with Gasteiger partial charge in [-0.25, -0.2) is 4.98 Å². The van der Waals surface area contributed by atoms with Crippen LogP contribution in [0.25, 0.3) is 0 Å². The number of aromatic nitrogens is 1. The fraction of sp³-hybridized carbons (Fsp3) is 0.800. The molecule has 2 atom stereocenters. The predicted molar refractivity (Wildman–Crippen MR) is 78.9 cm³/mol. The SMILES string of the molecule is Cc1nc(CC2(N)CCCC(C(C)C)CC2)cs1. The van der Waals surface area contributed by atoms with Gasteiger partial charge in [-0.2, -0.15) is 0 Å². The van der Waals surface area contributed by atoms with E-state index in [0.29, 0.717) is 0 Å². The summed E-state index contributed by atoms with van der Waals surface area (Å²) >= 11 is 1.74. The van der Waals surface area contributed by atoms with Crippen molar-refractivity contribution in [1.82, 2.24) is 4.98 Å². The van der Waals surface area contributed by atoms with Gasteiger partial charge in [0.15, 0.2) is 0 Å². The second kappa shape index (κ2) is 5.70. The molecule has 2 rings (SSSR count). The molecule has 102 valence electrons. The van der Waals surface area contributed by atoms with Gasteiger partial charge in [0.1, 0.15) is 0 Å². The molecule has 3 heteroatoms. The Morgan fingerprint density at radius 3 is 2.83 bits per heavy atom. The van der Waals surface area contributed by atoms with E-state index in [1.807, 2.05) is 0 Å². The summed E-state index contributed by atoms with van der Waals surface area (Å²) in [5, 5.41) is 3.33. The van der Waals surface area contributed by atoms with Crippen LogP contribution in [-0.2, 0) is 6.42 Å². The van der Waals surface area contributed by atoms with Crippen LogP contribution in [0.2, 0.25) is 0 Å². The van der Waals surface area contributed by atoms with Gasteiger partial charge in [-0.05, 0) is 38.0 Å². The van der Waals surface area contributed by atoms with Crippen LogP contribution in [0.4, 0.5) is 0 Å². The smallest absolute Gasteiger partial charge is 0.0897 e. The molecule has 2 unspecified atom stereocenters. The van der Waals surface area contributed by atoms with Gasteiger partial charge in [-0.15, -0.1) is 11.3 Å². The molecule has 18 heavy (non-hydrogen) atoms. The summed E-state index contributed by atoms with van der Waals surface area (Å²) in [7, 11) is 0. The second-order valence-electron chi connectivity index (χ2n) is 6.33. The average molecular weight is 266 g/mol. The summed E-state index contributed by atoms with van der Waals surface area (Å²) in [4.78, 5) is 4.57. The van der Waals surface area contributed by atoms with E-state index < -0.39 is 0 Å². The monoisotopic (exact) mass is 266 g/mol. The van der Waals surface area contributed by atoms with Gasteiger partial charge in [0.25, 0.3) is 0 Å². The summed E-state index contributed by atoms with van der Waals surface area (Å²) in [6, 6.07) is 0. The van der Waals surface area contributed by atoms with Gasteiger partial charge < -0.3 is 5.73 Å². The van der Waals surface area contributed by atoms with Crippen molar-refractivity contribution in [3.63, 3.8) is 0 Å². The lowest BCUT2D eigenvalue weighted by Gasteiger charge is -2.27. The van der Waals surface area contributed by atoms with Crippen molar-refractivity contribution in [2.45, 2.75) is 64.8 Å². The summed E-state index contributed by atoms with van der Waals surface area (Å²) in [5.74, 6) is 1.67. The topological polar surface area (TPSA) is 38.9 Å². The van der Waals surface area contributed by atoms with Gasteiger partial charge in [0, 0.05) is 17.3 Å². The van der Waals surface area contributed by atoms with Gasteiger partial charge >= 0.3 is 0 Å². The molecule has 1 saturated carbocycles. The van der Waals surface area contributed by atoms with Crippen molar-refractivity contribution < 1.29 is 0 Å². The van der Waals surface area contributed by atoms with Crippen LogP contribution in [0.5, 0.6) is 0 Å². The fourth-order valence-corrected chi connectivity index (χ4v) is 3.76. The van der Waals surface area contributed by atoms with E-state index in [1.54, 1.807) is 11.3 Å². The minimum absolute atomic E-state index is 0.00977. The zero-order chi connectivity index (χ0) is 13.2. The van der Waals surface area contributed by atoms with Gasteiger partial charge in [-0.3, -0.25) is 0 Å². The van der Waals surface area contributed by atoms with Crippen LogP contribution < -0.4 is 5.73 Å². The first-order valence-electron chi connectivity index (χ1n) is 7.18. The Balaban J connectivity index is 1.98. The van der Waals surface area contributed by atoms with Crippen molar-refractivity contribution in [3.05, 3.63) is 16.1 Å². The molecule has 2 N–H and O–H groups in total. The number of hydrogen-bond acceptors (Lipinski definition) is 3. The van der Waals surface area contributed by atoms with Crippen molar-refractivity contribution in [2.24, 2.45) is 17.6 Å². The lowest BCUT2D eigenvalue weighted by molar-refractivity contribution is 0.321. The summed E-state index contributed by atoms with van der Waals surface area (Å²) in [6.07, 6.45) is 7.20. The minimum atomic E-state index is -0.00977. The number of nitrogens with two attached hydrogens (primary N) is 1. The van der Waals surface area contributed by atoms with E-state index >= 15 is 0 Å². The van der Waals surface area contributed by atoms with Crippen LogP contribution in [0.3, 0.4) is 0 Å². The first-order chi connectivity index (χ1) is 8.48. The van der Waals surface area contributed by atoms with Crippen LogP contribution >= 0.6 is 11.3 Å². The number of aryl methyl sites for hydroxylation is 1. The zero-order valence-electron chi connectivity index (χ0n) is 11.9. The first-order valence-corrected chi connectivity index (χ1v) is 8.06. The highest BCUT2D eigenvalue weighted by molar-refractivity contribution is 7.09. The molecular formula is C15H26N2S. The normalized spacial score (nSPS) is 29.5. The maximum atomic E-state index is 6.63. The molecule has 0 aliphatic heterocycles. The van der Waals surface area contributed by atoms with E-state index in [9.17, 15) is 0 Å².